The normalized spacial score (nSPS) is 19.2. The summed E-state index contributed by atoms with van der Waals surface area (Å²) in [6.07, 6.45) is 8.34. The Hall–Kier alpha value is -3.39. The average molecular weight is 458 g/mol. The molecule has 1 aliphatic heterocycles. The Kier molecular flexibility index (Phi) is 4.71. The molecule has 0 radical (unpaired) electrons. The lowest BCUT2D eigenvalue weighted by Gasteiger charge is -2.42. The van der Waals surface area contributed by atoms with Gasteiger partial charge in [-0.2, -0.15) is 5.10 Å². The Bertz CT molecular complexity index is 1420. The van der Waals surface area contributed by atoms with Gasteiger partial charge in [0.2, 0.25) is 0 Å². The highest BCUT2D eigenvalue weighted by molar-refractivity contribution is 5.76. The first-order valence-corrected chi connectivity index (χ1v) is 11.8. The molecule has 0 saturated carbocycles. The number of halogens is 1. The van der Waals surface area contributed by atoms with E-state index in [1.54, 1.807) is 25.4 Å². The molecule has 0 aromatic carbocycles. The van der Waals surface area contributed by atoms with Crippen LogP contribution in [0.15, 0.2) is 36.8 Å². The van der Waals surface area contributed by atoms with E-state index in [2.05, 4.69) is 26.0 Å². The summed E-state index contributed by atoms with van der Waals surface area (Å²) in [7, 11) is 0. The Morgan fingerprint density at radius 3 is 2.65 bits per heavy atom. The maximum Gasteiger partial charge on any atom is 0.155 e. The van der Waals surface area contributed by atoms with Gasteiger partial charge in [0.05, 0.1) is 23.3 Å². The van der Waals surface area contributed by atoms with Crippen molar-refractivity contribution in [3.05, 3.63) is 70.8 Å². The second kappa shape index (κ2) is 7.56. The first kappa shape index (κ1) is 21.2. The Morgan fingerprint density at radius 2 is 1.85 bits per heavy atom. The minimum atomic E-state index is -0.337. The second-order valence-electron chi connectivity index (χ2n) is 9.78. The highest BCUT2D eigenvalue weighted by Crippen LogP contribution is 2.51. The minimum absolute atomic E-state index is 0.0383. The Labute approximate surface area is 197 Å². The molecule has 34 heavy (non-hydrogen) atoms. The quantitative estimate of drug-likeness (QED) is 0.488. The van der Waals surface area contributed by atoms with Crippen LogP contribution < -0.4 is 10.6 Å². The first-order chi connectivity index (χ1) is 16.4. The van der Waals surface area contributed by atoms with Gasteiger partial charge in [-0.1, -0.05) is 0 Å². The van der Waals surface area contributed by atoms with Gasteiger partial charge in [0.15, 0.2) is 11.6 Å². The molecule has 0 amide bonds. The number of fused-ring (bicyclic) bond motifs is 2. The third kappa shape index (κ3) is 3.05. The van der Waals surface area contributed by atoms with Gasteiger partial charge in [-0.15, -0.1) is 0 Å². The van der Waals surface area contributed by atoms with Crippen molar-refractivity contribution in [3.8, 4) is 11.3 Å². The molecular formula is C26H28FN7. The van der Waals surface area contributed by atoms with Crippen molar-refractivity contribution in [1.29, 1.82) is 0 Å². The van der Waals surface area contributed by atoms with Gasteiger partial charge in [0.1, 0.15) is 5.52 Å². The van der Waals surface area contributed by atoms with E-state index >= 15 is 0 Å². The third-order valence-electron chi connectivity index (χ3n) is 7.77. The number of aryl methyl sites for hydroxylation is 3. The molecule has 6 rings (SSSR count). The smallest absolute Gasteiger partial charge is 0.155 e. The van der Waals surface area contributed by atoms with Crippen LogP contribution in [-0.4, -0.2) is 37.7 Å². The Morgan fingerprint density at radius 1 is 1.06 bits per heavy atom. The molecule has 0 unspecified atom stereocenters. The van der Waals surface area contributed by atoms with Crippen molar-refractivity contribution < 1.29 is 4.39 Å². The molecule has 1 spiro atoms. The van der Waals surface area contributed by atoms with Crippen LogP contribution in [0.1, 0.15) is 47.1 Å². The first-order valence-electron chi connectivity index (χ1n) is 11.8. The summed E-state index contributed by atoms with van der Waals surface area (Å²) in [6, 6.07) is 5.83. The van der Waals surface area contributed by atoms with Crippen molar-refractivity contribution in [3.63, 3.8) is 0 Å². The fourth-order valence-electron chi connectivity index (χ4n) is 5.86. The SMILES string of the molecule is Cc1cc2c(cn1)CC1(CCN(c3nc(C)c(-c4ccnc(C)c4F)n4nccc34)CC1)[C@@H]2N. The molecule has 1 atom stereocenters. The number of pyridine rings is 2. The highest BCUT2D eigenvalue weighted by Gasteiger charge is 2.46. The molecule has 4 aromatic heterocycles. The lowest BCUT2D eigenvalue weighted by Crippen LogP contribution is -2.44. The van der Waals surface area contributed by atoms with Gasteiger partial charge in [-0.05, 0) is 74.8 Å². The summed E-state index contributed by atoms with van der Waals surface area (Å²) in [5.74, 6) is 0.553. The van der Waals surface area contributed by atoms with Crippen LogP contribution in [0.2, 0.25) is 0 Å². The van der Waals surface area contributed by atoms with Crippen LogP contribution in [0.4, 0.5) is 10.2 Å². The number of hydrogen-bond acceptors (Lipinski definition) is 6. The lowest BCUT2D eigenvalue weighted by molar-refractivity contribution is 0.187. The number of aromatic nitrogens is 5. The van der Waals surface area contributed by atoms with E-state index in [0.29, 0.717) is 17.0 Å². The fraction of sp³-hybridized carbons (Fsp3) is 0.385. The fourth-order valence-corrected chi connectivity index (χ4v) is 5.86. The van der Waals surface area contributed by atoms with E-state index in [0.717, 1.165) is 55.1 Å². The molecule has 8 heteroatoms. The van der Waals surface area contributed by atoms with Gasteiger partial charge >= 0.3 is 0 Å². The largest absolute Gasteiger partial charge is 0.355 e. The molecule has 1 saturated heterocycles. The van der Waals surface area contributed by atoms with Gasteiger partial charge in [0, 0.05) is 42.8 Å². The van der Waals surface area contributed by atoms with Crippen LogP contribution in [-0.2, 0) is 6.42 Å². The topological polar surface area (TPSA) is 85.2 Å². The molecule has 1 aliphatic carbocycles. The maximum absolute atomic E-state index is 14.9. The van der Waals surface area contributed by atoms with Gasteiger partial charge < -0.3 is 10.6 Å². The third-order valence-corrected chi connectivity index (χ3v) is 7.77. The summed E-state index contributed by atoms with van der Waals surface area (Å²) >= 11 is 0. The van der Waals surface area contributed by atoms with E-state index in [1.165, 1.54) is 11.1 Å². The monoisotopic (exact) mass is 457 g/mol. The average Bonchev–Trinajstić information content (AvgIpc) is 3.40. The van der Waals surface area contributed by atoms with Gasteiger partial charge in [0.25, 0.3) is 0 Å². The van der Waals surface area contributed by atoms with E-state index in [4.69, 9.17) is 10.7 Å². The van der Waals surface area contributed by atoms with E-state index in [9.17, 15) is 4.39 Å². The summed E-state index contributed by atoms with van der Waals surface area (Å²) in [5, 5.41) is 4.54. The van der Waals surface area contributed by atoms with Crippen molar-refractivity contribution in [1.82, 2.24) is 24.6 Å². The standard InChI is InChI=1S/C26H28FN7/c1-15-12-20-18(14-30-15)13-26(24(20)28)6-10-33(11-7-26)25-21-5-9-31-34(21)23(17(3)32-25)19-4-8-29-16(2)22(19)27/h4-5,8-9,12,14,24H,6-7,10-11,13,28H2,1-3H3/t24-/m1/s1. The van der Waals surface area contributed by atoms with E-state index < -0.39 is 0 Å². The zero-order chi connectivity index (χ0) is 23.6. The molecule has 7 nitrogen and oxygen atoms in total. The number of nitrogens with two attached hydrogens (primary N) is 1. The predicted molar refractivity (Wildman–Crippen MR) is 129 cm³/mol. The van der Waals surface area contributed by atoms with Crippen molar-refractivity contribution in [2.24, 2.45) is 11.1 Å². The van der Waals surface area contributed by atoms with Crippen molar-refractivity contribution >= 4 is 11.3 Å². The molecule has 2 N–H and O–H groups in total. The van der Waals surface area contributed by atoms with Crippen LogP contribution in [0.5, 0.6) is 0 Å². The number of anilines is 1. The van der Waals surface area contributed by atoms with Crippen LogP contribution in [0, 0.1) is 32.0 Å². The molecular weight excluding hydrogens is 429 g/mol. The molecule has 0 bridgehead atoms. The van der Waals surface area contributed by atoms with Crippen LogP contribution in [0.25, 0.3) is 16.8 Å². The minimum Gasteiger partial charge on any atom is -0.355 e. The number of hydrogen-bond donors (Lipinski definition) is 1. The summed E-state index contributed by atoms with van der Waals surface area (Å²) in [6.45, 7) is 7.34. The van der Waals surface area contributed by atoms with E-state index in [1.807, 2.05) is 30.6 Å². The zero-order valence-electron chi connectivity index (χ0n) is 19.7. The zero-order valence-corrected chi connectivity index (χ0v) is 19.7. The van der Waals surface area contributed by atoms with Gasteiger partial charge in [-0.25, -0.2) is 13.9 Å². The number of rotatable bonds is 2. The molecule has 5 heterocycles. The molecule has 1 fully saturated rings. The van der Waals surface area contributed by atoms with Crippen LogP contribution >= 0.6 is 0 Å². The molecule has 2 aliphatic rings. The molecule has 174 valence electrons. The van der Waals surface area contributed by atoms with Crippen molar-refractivity contribution in [2.45, 2.75) is 46.1 Å². The summed E-state index contributed by atoms with van der Waals surface area (Å²) < 4.78 is 16.8. The lowest BCUT2D eigenvalue weighted by atomic mass is 9.73. The van der Waals surface area contributed by atoms with E-state index in [-0.39, 0.29) is 17.3 Å². The summed E-state index contributed by atoms with van der Waals surface area (Å²) in [4.78, 5) is 15.9. The Balaban J connectivity index is 1.33. The summed E-state index contributed by atoms with van der Waals surface area (Å²) in [5.41, 5.74) is 13.5. The number of piperidine rings is 1. The predicted octanol–water partition coefficient (Wildman–Crippen LogP) is 4.09. The second-order valence-corrected chi connectivity index (χ2v) is 9.78. The molecule has 4 aromatic rings. The van der Waals surface area contributed by atoms with Crippen molar-refractivity contribution in [2.75, 3.05) is 18.0 Å². The van der Waals surface area contributed by atoms with Gasteiger partial charge in [-0.3, -0.25) is 9.97 Å². The number of nitrogens with zero attached hydrogens (tertiary/aromatic N) is 6. The van der Waals surface area contributed by atoms with Crippen LogP contribution in [0.3, 0.4) is 0 Å². The highest BCUT2D eigenvalue weighted by atomic mass is 19.1. The maximum atomic E-state index is 14.9.